The van der Waals surface area contributed by atoms with Crippen molar-refractivity contribution in [2.45, 2.75) is 62.1 Å². The minimum atomic E-state index is -5.47. The predicted octanol–water partition coefficient (Wildman–Crippen LogP) is 6.80. The van der Waals surface area contributed by atoms with Crippen molar-refractivity contribution >= 4 is 48.3 Å². The highest BCUT2D eigenvalue weighted by molar-refractivity contribution is 8.12. The number of unbranched alkanes of at least 4 members (excludes halogenated alkanes) is 1. The molecule has 3 atom stereocenters. The molecular weight excluding hydrogens is 556 g/mol. The van der Waals surface area contributed by atoms with Crippen molar-refractivity contribution in [3.05, 3.63) is 48.6 Å². The zero-order valence-corrected chi connectivity index (χ0v) is 24.2. The average Bonchev–Trinajstić information content (AvgIpc) is 2.86. The van der Waals surface area contributed by atoms with Crippen LogP contribution < -0.4 is 0 Å². The standard InChI is InChI=1S/C17H25O3PS.C5H10.CHF3O3S2/c1-19-17(10-6-7-11-20-17)16(13-22-14-18)21(2)12-15-8-4-3-5-9-15;1-3-5-4-2;2-1(3,4)9(5,6)7-8/h3-5,8-9,14,16H,6-7,10-13H2,1-2H3;3H,1,4-5H2,2H3;8H. The molecule has 0 spiro atoms. The van der Waals surface area contributed by atoms with Crippen molar-refractivity contribution in [3.63, 3.8) is 0 Å². The summed E-state index contributed by atoms with van der Waals surface area (Å²) in [5.74, 6) is 0.260. The number of methoxy groups -OCH3 is 1. The van der Waals surface area contributed by atoms with Crippen LogP contribution in [-0.2, 0) is 34.2 Å². The van der Waals surface area contributed by atoms with Crippen LogP contribution in [0.4, 0.5) is 13.2 Å². The quantitative estimate of drug-likeness (QED) is 0.0756. The first-order valence-corrected chi connectivity index (χ1v) is 16.0. The van der Waals surface area contributed by atoms with Gasteiger partial charge in [0.2, 0.25) is 0 Å². The number of thioether (sulfide) groups is 1. The minimum Gasteiger partial charge on any atom is -0.353 e. The van der Waals surface area contributed by atoms with Gasteiger partial charge in [0.1, 0.15) is 0 Å². The Balaban J connectivity index is 0.000000724. The summed E-state index contributed by atoms with van der Waals surface area (Å²) in [5.41, 5.74) is -2.83. The van der Waals surface area contributed by atoms with Crippen molar-refractivity contribution in [1.82, 2.24) is 0 Å². The molecule has 1 aliphatic heterocycles. The van der Waals surface area contributed by atoms with Gasteiger partial charge in [-0.25, -0.2) is 0 Å². The van der Waals surface area contributed by atoms with Crippen molar-refractivity contribution < 1.29 is 39.5 Å². The van der Waals surface area contributed by atoms with Gasteiger partial charge >= 0.3 is 15.6 Å². The van der Waals surface area contributed by atoms with Gasteiger partial charge in [-0.2, -0.15) is 25.2 Å². The summed E-state index contributed by atoms with van der Waals surface area (Å²) >= 11 is 3.82. The highest BCUT2D eigenvalue weighted by Gasteiger charge is 2.47. The molecule has 2 rings (SSSR count). The summed E-state index contributed by atoms with van der Waals surface area (Å²) in [4.78, 5) is 10.9. The predicted molar refractivity (Wildman–Crippen MR) is 146 cm³/mol. The molecule has 208 valence electrons. The first-order valence-electron chi connectivity index (χ1n) is 11.2. The first-order chi connectivity index (χ1) is 16.9. The second-order valence-corrected chi connectivity index (χ2v) is 13.0. The Labute approximate surface area is 224 Å². The highest BCUT2D eigenvalue weighted by atomic mass is 32.3. The SMILES string of the molecule is C=CCCC.COC1(C(CSC=O)P(C)Cc2ccccc2)CCCCO1.O=S(=O)(OS)C(F)(F)F. The summed E-state index contributed by atoms with van der Waals surface area (Å²) < 4.78 is 67.2. The second-order valence-electron chi connectivity index (χ2n) is 7.72. The Morgan fingerprint density at radius 3 is 2.31 bits per heavy atom. The van der Waals surface area contributed by atoms with Crippen LogP contribution in [0.15, 0.2) is 43.0 Å². The van der Waals surface area contributed by atoms with Crippen LogP contribution in [0.5, 0.6) is 0 Å². The number of carbonyl (C=O) groups is 1. The van der Waals surface area contributed by atoms with Crippen molar-refractivity contribution in [2.24, 2.45) is 0 Å². The summed E-state index contributed by atoms with van der Waals surface area (Å²) in [6.07, 6.45) is 8.50. The third kappa shape index (κ3) is 12.8. The lowest BCUT2D eigenvalue weighted by Crippen LogP contribution is -2.49. The van der Waals surface area contributed by atoms with E-state index >= 15 is 0 Å². The zero-order valence-electron chi connectivity index (χ0n) is 20.8. The van der Waals surface area contributed by atoms with Gasteiger partial charge in [0, 0.05) is 24.9 Å². The van der Waals surface area contributed by atoms with Crippen LogP contribution >= 0.6 is 32.6 Å². The lowest BCUT2D eigenvalue weighted by atomic mass is 10.0. The molecule has 1 fully saturated rings. The summed E-state index contributed by atoms with van der Waals surface area (Å²) in [6, 6.07) is 10.5. The molecule has 1 aliphatic rings. The maximum absolute atomic E-state index is 11.1. The second kappa shape index (κ2) is 18.6. The molecule has 1 heterocycles. The van der Waals surface area contributed by atoms with Gasteiger partial charge in [0.25, 0.3) is 0 Å². The number of thiol groups is 1. The molecule has 1 aromatic rings. The highest BCUT2D eigenvalue weighted by Crippen LogP contribution is 2.50. The van der Waals surface area contributed by atoms with E-state index in [1.165, 1.54) is 23.7 Å². The van der Waals surface area contributed by atoms with E-state index in [4.69, 9.17) is 9.47 Å². The van der Waals surface area contributed by atoms with Crippen molar-refractivity contribution in [1.29, 1.82) is 0 Å². The van der Waals surface area contributed by atoms with E-state index in [1.54, 1.807) is 7.11 Å². The number of hydrogen-bond donors (Lipinski definition) is 1. The molecule has 0 saturated carbocycles. The maximum atomic E-state index is 11.1. The van der Waals surface area contributed by atoms with Gasteiger partial charge in [0.15, 0.2) is 11.4 Å². The van der Waals surface area contributed by atoms with Gasteiger partial charge < -0.3 is 9.47 Å². The van der Waals surface area contributed by atoms with Gasteiger partial charge in [-0.05, 0) is 50.6 Å². The molecular formula is C23H36F3O6PS3. The van der Waals surface area contributed by atoms with E-state index in [0.29, 0.717) is 0 Å². The fraction of sp³-hybridized carbons (Fsp3) is 0.609. The number of carbonyl (C=O) groups excluding carboxylic acids is 1. The van der Waals surface area contributed by atoms with Crippen molar-refractivity contribution in [3.8, 4) is 0 Å². The smallest absolute Gasteiger partial charge is 0.353 e. The number of ether oxygens (including phenoxy) is 2. The van der Waals surface area contributed by atoms with Crippen molar-refractivity contribution in [2.75, 3.05) is 26.1 Å². The molecule has 0 aromatic heterocycles. The molecule has 0 radical (unpaired) electrons. The number of rotatable bonds is 11. The molecule has 0 amide bonds. The number of halogens is 3. The van der Waals surface area contributed by atoms with E-state index < -0.39 is 21.4 Å². The third-order valence-electron chi connectivity index (χ3n) is 5.12. The summed E-state index contributed by atoms with van der Waals surface area (Å²) in [7, 11) is -4.06. The van der Waals surface area contributed by atoms with Gasteiger partial charge in [0.05, 0.1) is 6.61 Å². The Morgan fingerprint density at radius 1 is 1.31 bits per heavy atom. The van der Waals surface area contributed by atoms with E-state index in [9.17, 15) is 26.4 Å². The van der Waals surface area contributed by atoms with Gasteiger partial charge in [-0.3, -0.25) is 4.79 Å². The first kappa shape index (κ1) is 35.4. The van der Waals surface area contributed by atoms with E-state index in [0.717, 1.165) is 49.8 Å². The molecule has 3 unspecified atom stereocenters. The Kier molecular flexibility index (Phi) is 18.3. The van der Waals surface area contributed by atoms with E-state index in [2.05, 4.69) is 61.0 Å². The van der Waals surface area contributed by atoms with Gasteiger partial charge in [-0.15, -0.1) is 6.58 Å². The Morgan fingerprint density at radius 2 is 1.94 bits per heavy atom. The van der Waals surface area contributed by atoms with Crippen LogP contribution in [0.2, 0.25) is 0 Å². The van der Waals surface area contributed by atoms with E-state index in [1.807, 2.05) is 12.1 Å². The number of alkyl halides is 3. The molecule has 36 heavy (non-hydrogen) atoms. The number of hydrogen-bond acceptors (Lipinski definition) is 8. The molecule has 0 bridgehead atoms. The normalized spacial score (nSPS) is 19.5. The molecule has 6 nitrogen and oxygen atoms in total. The average molecular weight is 593 g/mol. The molecule has 1 saturated heterocycles. The fourth-order valence-electron chi connectivity index (χ4n) is 3.30. The van der Waals surface area contributed by atoms with Crippen LogP contribution in [-0.4, -0.2) is 57.1 Å². The zero-order chi connectivity index (χ0) is 27.7. The summed E-state index contributed by atoms with van der Waals surface area (Å²) in [5, 5.41) is 0. The largest absolute Gasteiger partial charge is 0.524 e. The molecule has 1 aromatic carbocycles. The Hall–Kier alpha value is -0.620. The maximum Gasteiger partial charge on any atom is 0.524 e. The lowest BCUT2D eigenvalue weighted by molar-refractivity contribution is -0.239. The van der Waals surface area contributed by atoms with Crippen LogP contribution in [0.1, 0.15) is 44.6 Å². The fourth-order valence-corrected chi connectivity index (χ4v) is 7.42. The molecule has 0 N–H and O–H groups in total. The van der Waals surface area contributed by atoms with E-state index in [-0.39, 0.29) is 13.6 Å². The Bertz CT molecular complexity index is 835. The lowest BCUT2D eigenvalue weighted by Gasteiger charge is -2.44. The number of benzene rings is 1. The monoisotopic (exact) mass is 592 g/mol. The third-order valence-corrected chi connectivity index (χ3v) is 9.89. The topological polar surface area (TPSA) is 78.9 Å². The number of allylic oxidation sites excluding steroid dienone is 1. The molecule has 0 aliphatic carbocycles. The minimum absolute atomic E-state index is 0.267. The van der Waals surface area contributed by atoms with Crippen LogP contribution in [0.25, 0.3) is 0 Å². The summed E-state index contributed by atoms with van der Waals surface area (Å²) in [6.45, 7) is 8.75. The molecule has 13 heteroatoms. The van der Waals surface area contributed by atoms with Crippen LogP contribution in [0, 0.1) is 0 Å². The van der Waals surface area contributed by atoms with Gasteiger partial charge in [-0.1, -0.05) is 69.4 Å². The van der Waals surface area contributed by atoms with Crippen LogP contribution in [0.3, 0.4) is 0 Å².